The molecule has 0 amide bonds. The molecule has 8 aromatic carbocycles. The topological polar surface area (TPSA) is 171 Å². The molecule has 0 N–H and O–H groups in total. The van der Waals surface area contributed by atoms with Crippen LogP contribution in [-0.2, 0) is 78.8 Å². The standard InChI is InChI=1S/C87H96O16/c1-84(2,60-9-19-68(20-10-60)89-40-72-43-92-72)64-17-27-79(99-50-75-46-95-75)54(34-64)31-56-36-66(86(5,6)62-13-23-70(24-14-62)91-42-74-45-94-74)38-58(82(56)101-52-77-48-97-77)33-59-39-67(87(7,8)63-15-25-71(26-16-63)103-81-29-30-88-81)37-57(83(59)102-53-78-49-98-78)32-55-35-65(18-28-80(55)100-51-76-47-96-76)85(3,4)61-11-21-69(22-12-61)90-41-73-44-93-73/h9-28,34-39,72-78,81H,29-33,40-53H2,1-8H3. The summed E-state index contributed by atoms with van der Waals surface area (Å²) in [6, 6.07) is 56.9. The molecule has 8 aromatic rings. The smallest absolute Gasteiger partial charge is 0.202 e. The highest BCUT2D eigenvalue weighted by Gasteiger charge is 2.36. The van der Waals surface area contributed by atoms with Crippen molar-refractivity contribution < 1.29 is 75.8 Å². The molecule has 0 radical (unpaired) electrons. The number of benzene rings is 8. The van der Waals surface area contributed by atoms with E-state index in [1.165, 1.54) is 0 Å². The zero-order valence-electron chi connectivity index (χ0n) is 60.6. The SMILES string of the molecule is CC(C)(c1ccc(OCC2CO2)cc1)c1ccc(OCC2CO2)c(Cc2cc(C(C)(C)c3ccc(OCC4CO4)cc3)cc(Cc3cc(C(C)(C)c4ccc(OC5CCO5)cc4)cc(Cc4cc(C(C)(C)c5ccc(OCC6CO6)cc5)ccc4OCC4CO4)c3OCC3CO3)c2OCC2CO2)c1. The van der Waals surface area contributed by atoms with E-state index in [-0.39, 0.29) is 49.0 Å². The summed E-state index contributed by atoms with van der Waals surface area (Å²) >= 11 is 0. The van der Waals surface area contributed by atoms with Gasteiger partial charge in [-0.15, -0.1) is 0 Å². The van der Waals surface area contributed by atoms with Crippen LogP contribution in [0.25, 0.3) is 0 Å². The molecule has 8 unspecified atom stereocenters. The van der Waals surface area contributed by atoms with Crippen LogP contribution >= 0.6 is 0 Å². The van der Waals surface area contributed by atoms with Crippen molar-refractivity contribution in [2.24, 2.45) is 0 Å². The van der Waals surface area contributed by atoms with Gasteiger partial charge in [-0.2, -0.15) is 0 Å². The molecule has 8 saturated heterocycles. The van der Waals surface area contributed by atoms with Crippen molar-refractivity contribution in [2.45, 2.75) is 152 Å². The molecule has 16 rings (SSSR count). The van der Waals surface area contributed by atoms with Gasteiger partial charge in [0.1, 0.15) is 135 Å². The molecule has 0 spiro atoms. The summed E-state index contributed by atoms with van der Waals surface area (Å²) in [4.78, 5) is 0. The average Bonchev–Trinajstić information content (AvgIpc) is 1.75. The van der Waals surface area contributed by atoms with Gasteiger partial charge >= 0.3 is 0 Å². The van der Waals surface area contributed by atoms with Crippen LogP contribution in [0.4, 0.5) is 0 Å². The summed E-state index contributed by atoms with van der Waals surface area (Å²) in [7, 11) is 0. The molecule has 8 aliphatic rings. The minimum absolute atomic E-state index is 0.0416. The second-order valence-corrected chi connectivity index (χ2v) is 31.1. The highest BCUT2D eigenvalue weighted by Crippen LogP contribution is 2.46. The molecule has 0 saturated carbocycles. The zero-order chi connectivity index (χ0) is 70.5. The Balaban J connectivity index is 0.840. The molecular weight excluding hydrogens is 1300 g/mol. The van der Waals surface area contributed by atoms with E-state index in [1.54, 1.807) is 0 Å². The van der Waals surface area contributed by atoms with Crippen LogP contribution in [0.5, 0.6) is 46.0 Å². The summed E-state index contributed by atoms with van der Waals surface area (Å²) < 4.78 is 98.6. The Morgan fingerprint density at radius 1 is 0.272 bits per heavy atom. The molecule has 8 heterocycles. The quantitative estimate of drug-likeness (QED) is 0.0337. The van der Waals surface area contributed by atoms with Gasteiger partial charge < -0.3 is 75.8 Å². The molecule has 103 heavy (non-hydrogen) atoms. The highest BCUT2D eigenvalue weighted by molar-refractivity contribution is 5.60. The Labute approximate surface area is 605 Å². The first-order valence-electron chi connectivity index (χ1n) is 36.9. The summed E-state index contributed by atoms with van der Waals surface area (Å²) in [5.41, 5.74) is 13.3. The Morgan fingerprint density at radius 2 is 0.515 bits per heavy atom. The fourth-order valence-electron chi connectivity index (χ4n) is 13.7. The van der Waals surface area contributed by atoms with E-state index in [4.69, 9.17) is 75.8 Å². The van der Waals surface area contributed by atoms with Gasteiger partial charge in [0.05, 0.1) is 52.9 Å². The summed E-state index contributed by atoms with van der Waals surface area (Å²) in [5, 5.41) is 0. The second kappa shape index (κ2) is 29.1. The number of rotatable bonds is 37. The summed E-state index contributed by atoms with van der Waals surface area (Å²) in [5.74, 6) is 6.42. The third-order valence-electron chi connectivity index (χ3n) is 21.7. The molecule has 540 valence electrons. The largest absolute Gasteiger partial charge is 0.491 e. The normalized spacial score (nSPS) is 22.1. The van der Waals surface area contributed by atoms with E-state index in [0.29, 0.717) is 98.5 Å². The molecule has 8 atom stereocenters. The maximum atomic E-state index is 7.36. The van der Waals surface area contributed by atoms with Crippen LogP contribution in [0.2, 0.25) is 0 Å². The molecule has 16 heteroatoms. The number of ether oxygens (including phenoxy) is 16. The second-order valence-electron chi connectivity index (χ2n) is 31.1. The molecule has 0 aliphatic carbocycles. The molecule has 16 nitrogen and oxygen atoms in total. The number of hydrogen-bond acceptors (Lipinski definition) is 16. The molecule has 8 aliphatic heterocycles. The minimum Gasteiger partial charge on any atom is -0.491 e. The van der Waals surface area contributed by atoms with Crippen molar-refractivity contribution in [3.05, 3.63) is 236 Å². The third kappa shape index (κ3) is 17.0. The van der Waals surface area contributed by atoms with Gasteiger partial charge in [0.15, 0.2) is 0 Å². The van der Waals surface area contributed by atoms with E-state index >= 15 is 0 Å². The van der Waals surface area contributed by atoms with E-state index in [0.717, 1.165) is 150 Å². The lowest BCUT2D eigenvalue weighted by atomic mass is 9.75. The van der Waals surface area contributed by atoms with Crippen molar-refractivity contribution in [1.82, 2.24) is 0 Å². The van der Waals surface area contributed by atoms with E-state index < -0.39 is 21.7 Å². The lowest BCUT2D eigenvalue weighted by Crippen LogP contribution is -2.32. The van der Waals surface area contributed by atoms with Gasteiger partial charge in [-0.1, -0.05) is 152 Å². The zero-order valence-corrected chi connectivity index (χ0v) is 60.6. The minimum atomic E-state index is -0.539. The first-order chi connectivity index (χ1) is 49.9. The predicted molar refractivity (Wildman–Crippen MR) is 390 cm³/mol. The van der Waals surface area contributed by atoms with Crippen molar-refractivity contribution in [3.63, 3.8) is 0 Å². The van der Waals surface area contributed by atoms with Crippen LogP contribution in [0.15, 0.2) is 158 Å². The summed E-state index contributed by atoms with van der Waals surface area (Å²) in [6.07, 6.45) is 2.50. The third-order valence-corrected chi connectivity index (χ3v) is 21.7. The first-order valence-corrected chi connectivity index (χ1v) is 36.9. The van der Waals surface area contributed by atoms with Gasteiger partial charge in [-0.3, -0.25) is 0 Å². The van der Waals surface area contributed by atoms with Crippen molar-refractivity contribution >= 4 is 0 Å². The number of hydrogen-bond donors (Lipinski definition) is 0. The van der Waals surface area contributed by atoms with Gasteiger partial charge in [0, 0.05) is 47.3 Å². The fourth-order valence-corrected chi connectivity index (χ4v) is 13.7. The van der Waals surface area contributed by atoms with Crippen molar-refractivity contribution in [1.29, 1.82) is 0 Å². The molecule has 0 aromatic heterocycles. The van der Waals surface area contributed by atoms with Crippen LogP contribution in [0.3, 0.4) is 0 Å². The molecule has 8 fully saturated rings. The van der Waals surface area contributed by atoms with Gasteiger partial charge in [-0.25, -0.2) is 0 Å². The lowest BCUT2D eigenvalue weighted by Gasteiger charge is -2.31. The average molecular weight is 1400 g/mol. The van der Waals surface area contributed by atoms with Crippen LogP contribution in [0.1, 0.15) is 140 Å². The Morgan fingerprint density at radius 3 is 0.796 bits per heavy atom. The Bertz CT molecular complexity index is 4260. The van der Waals surface area contributed by atoms with Crippen molar-refractivity contribution in [2.75, 3.05) is 99.1 Å². The molecular formula is C87H96O16. The lowest BCUT2D eigenvalue weighted by molar-refractivity contribution is -0.165. The Kier molecular flexibility index (Phi) is 19.5. The van der Waals surface area contributed by atoms with Crippen LogP contribution in [-0.4, -0.2) is 148 Å². The van der Waals surface area contributed by atoms with E-state index in [2.05, 4.69) is 213 Å². The maximum Gasteiger partial charge on any atom is 0.202 e. The van der Waals surface area contributed by atoms with Gasteiger partial charge in [0.25, 0.3) is 0 Å². The van der Waals surface area contributed by atoms with E-state index in [1.807, 2.05) is 0 Å². The fraction of sp³-hybridized carbons (Fsp3) is 0.448. The monoisotopic (exact) mass is 1400 g/mol. The van der Waals surface area contributed by atoms with Crippen LogP contribution in [0, 0.1) is 0 Å². The highest BCUT2D eigenvalue weighted by atomic mass is 16.7. The van der Waals surface area contributed by atoms with Crippen molar-refractivity contribution in [3.8, 4) is 46.0 Å². The molecule has 0 bridgehead atoms. The van der Waals surface area contributed by atoms with E-state index in [9.17, 15) is 0 Å². The summed E-state index contributed by atoms with van der Waals surface area (Å²) in [6.45, 7) is 27.1. The van der Waals surface area contributed by atoms with Gasteiger partial charge in [0.2, 0.25) is 6.29 Å². The maximum absolute atomic E-state index is 7.36. The van der Waals surface area contributed by atoms with Gasteiger partial charge in [-0.05, 0) is 139 Å². The predicted octanol–water partition coefficient (Wildman–Crippen LogP) is 14.3. The number of epoxide rings is 7. The van der Waals surface area contributed by atoms with Crippen LogP contribution < -0.4 is 37.9 Å². The first kappa shape index (κ1) is 69.2. The Hall–Kier alpha value is -8.16.